The van der Waals surface area contributed by atoms with Crippen LogP contribution in [0.1, 0.15) is 79.9 Å². The number of ether oxygens (including phenoxy) is 2. The SMILES string of the molecule is CC(C)(C)OC(=O)N1CC(Oc2ccc(C(C)(C)C)cc2C(C)(C)C)CC1C(=O)O. The minimum absolute atomic E-state index is 0.00774. The average Bonchev–Trinajstić information content (AvgIpc) is 2.96. The van der Waals surface area contributed by atoms with Crippen LogP contribution in [0.4, 0.5) is 4.79 Å². The van der Waals surface area contributed by atoms with Crippen molar-refractivity contribution < 1.29 is 24.2 Å². The summed E-state index contributed by atoms with van der Waals surface area (Å²) in [4.78, 5) is 25.6. The maximum Gasteiger partial charge on any atom is 0.411 e. The molecule has 2 unspecified atom stereocenters. The minimum atomic E-state index is -1.05. The Hall–Kier alpha value is -2.24. The zero-order valence-corrected chi connectivity index (χ0v) is 19.8. The third-order valence-corrected chi connectivity index (χ3v) is 5.12. The highest BCUT2D eigenvalue weighted by atomic mass is 16.6. The summed E-state index contributed by atoms with van der Waals surface area (Å²) >= 11 is 0. The van der Waals surface area contributed by atoms with Gasteiger partial charge in [0.05, 0.1) is 6.54 Å². The molecule has 1 N–H and O–H groups in total. The summed E-state index contributed by atoms with van der Waals surface area (Å²) in [5.74, 6) is -0.318. The average molecular weight is 420 g/mol. The summed E-state index contributed by atoms with van der Waals surface area (Å²) < 4.78 is 11.7. The van der Waals surface area contributed by atoms with E-state index in [4.69, 9.17) is 9.47 Å². The Morgan fingerprint density at radius 1 is 1.00 bits per heavy atom. The number of carboxylic acid groups (broad SMARTS) is 1. The van der Waals surface area contributed by atoms with E-state index in [0.717, 1.165) is 11.3 Å². The highest BCUT2D eigenvalue weighted by molar-refractivity contribution is 5.81. The minimum Gasteiger partial charge on any atom is -0.488 e. The number of carboxylic acids is 1. The smallest absolute Gasteiger partial charge is 0.411 e. The predicted molar refractivity (Wildman–Crippen MR) is 117 cm³/mol. The van der Waals surface area contributed by atoms with Crippen molar-refractivity contribution in [2.75, 3.05) is 6.54 Å². The second-order valence-corrected chi connectivity index (χ2v) is 11.2. The van der Waals surface area contributed by atoms with Crippen LogP contribution in [0.2, 0.25) is 0 Å². The first-order chi connectivity index (χ1) is 13.5. The molecule has 30 heavy (non-hydrogen) atoms. The number of carbonyl (C=O) groups is 2. The molecule has 6 heteroatoms. The van der Waals surface area contributed by atoms with Crippen LogP contribution < -0.4 is 4.74 Å². The topological polar surface area (TPSA) is 76.1 Å². The van der Waals surface area contributed by atoms with Gasteiger partial charge < -0.3 is 14.6 Å². The molecule has 1 aromatic rings. The van der Waals surface area contributed by atoms with Gasteiger partial charge in [-0.25, -0.2) is 9.59 Å². The third-order valence-electron chi connectivity index (χ3n) is 5.12. The van der Waals surface area contributed by atoms with Crippen LogP contribution in [0.5, 0.6) is 5.75 Å². The van der Waals surface area contributed by atoms with Crippen LogP contribution in [0.3, 0.4) is 0 Å². The maximum atomic E-state index is 12.5. The molecule has 6 nitrogen and oxygen atoms in total. The van der Waals surface area contributed by atoms with Gasteiger partial charge in [-0.1, -0.05) is 53.7 Å². The molecule has 1 heterocycles. The Kier molecular flexibility index (Phi) is 6.51. The van der Waals surface area contributed by atoms with Gasteiger partial charge in [-0.3, -0.25) is 4.90 Å². The Labute approximate surface area is 180 Å². The first kappa shape index (κ1) is 24.0. The fourth-order valence-corrected chi connectivity index (χ4v) is 3.50. The summed E-state index contributed by atoms with van der Waals surface area (Å²) in [6.45, 7) is 18.4. The Balaban J connectivity index is 2.29. The predicted octanol–water partition coefficient (Wildman–Crippen LogP) is 5.12. The molecule has 0 aromatic heterocycles. The van der Waals surface area contributed by atoms with Crippen LogP contribution in [-0.4, -0.2) is 46.4 Å². The van der Waals surface area contributed by atoms with Gasteiger partial charge >= 0.3 is 12.1 Å². The van der Waals surface area contributed by atoms with Crippen molar-refractivity contribution in [3.05, 3.63) is 29.3 Å². The molecule has 0 saturated carbocycles. The highest BCUT2D eigenvalue weighted by Gasteiger charge is 2.43. The first-order valence-corrected chi connectivity index (χ1v) is 10.5. The van der Waals surface area contributed by atoms with Crippen molar-refractivity contribution in [1.82, 2.24) is 4.90 Å². The van der Waals surface area contributed by atoms with E-state index in [1.54, 1.807) is 20.8 Å². The van der Waals surface area contributed by atoms with Crippen molar-refractivity contribution in [1.29, 1.82) is 0 Å². The summed E-state index contributed by atoms with van der Waals surface area (Å²) in [6, 6.07) is 5.23. The molecule has 1 saturated heterocycles. The van der Waals surface area contributed by atoms with E-state index >= 15 is 0 Å². The van der Waals surface area contributed by atoms with Gasteiger partial charge in [0.2, 0.25) is 0 Å². The number of benzene rings is 1. The van der Waals surface area contributed by atoms with E-state index < -0.39 is 29.8 Å². The Morgan fingerprint density at radius 2 is 1.60 bits per heavy atom. The molecule has 168 valence electrons. The summed E-state index contributed by atoms with van der Waals surface area (Å²) in [6.07, 6.45) is -0.820. The molecular weight excluding hydrogens is 382 g/mol. The van der Waals surface area contributed by atoms with Crippen molar-refractivity contribution >= 4 is 12.1 Å². The standard InChI is InChI=1S/C24H37NO5/c1-22(2,3)15-10-11-19(17(12-15)23(4,5)6)29-16-13-18(20(26)27)25(14-16)21(28)30-24(7,8)9/h10-12,16,18H,13-14H2,1-9H3,(H,26,27). The van der Waals surface area contributed by atoms with Crippen molar-refractivity contribution in [3.63, 3.8) is 0 Å². The lowest BCUT2D eigenvalue weighted by atomic mass is 9.80. The number of likely N-dealkylation sites (tertiary alicyclic amines) is 1. The zero-order chi connectivity index (χ0) is 23.1. The number of hydrogen-bond acceptors (Lipinski definition) is 4. The van der Waals surface area contributed by atoms with E-state index in [-0.39, 0.29) is 23.8 Å². The van der Waals surface area contributed by atoms with Gasteiger partial charge in [0.15, 0.2) is 0 Å². The first-order valence-electron chi connectivity index (χ1n) is 10.5. The van der Waals surface area contributed by atoms with Crippen molar-refractivity contribution in [3.8, 4) is 5.75 Å². The molecule has 0 radical (unpaired) electrons. The number of aliphatic carboxylic acids is 1. The molecule has 1 amide bonds. The quantitative estimate of drug-likeness (QED) is 0.736. The van der Waals surface area contributed by atoms with E-state index in [9.17, 15) is 14.7 Å². The molecule has 1 aliphatic heterocycles. The van der Waals surface area contributed by atoms with Gasteiger partial charge in [-0.15, -0.1) is 0 Å². The van der Waals surface area contributed by atoms with Gasteiger partial charge in [-0.2, -0.15) is 0 Å². The summed E-state index contributed by atoms with van der Waals surface area (Å²) in [5.41, 5.74) is 1.45. The fourth-order valence-electron chi connectivity index (χ4n) is 3.50. The largest absolute Gasteiger partial charge is 0.488 e. The van der Waals surface area contributed by atoms with E-state index in [2.05, 4.69) is 53.7 Å². The lowest BCUT2D eigenvalue weighted by Gasteiger charge is -2.28. The van der Waals surface area contributed by atoms with Crippen LogP contribution in [0.15, 0.2) is 18.2 Å². The van der Waals surface area contributed by atoms with Crippen LogP contribution in [0.25, 0.3) is 0 Å². The van der Waals surface area contributed by atoms with Gasteiger partial charge in [0, 0.05) is 6.42 Å². The van der Waals surface area contributed by atoms with Crippen molar-refractivity contribution in [2.45, 2.75) is 97.3 Å². The lowest BCUT2D eigenvalue weighted by Crippen LogP contribution is -2.43. The molecular formula is C24H37NO5. The highest BCUT2D eigenvalue weighted by Crippen LogP contribution is 2.37. The number of carbonyl (C=O) groups excluding carboxylic acids is 1. The normalized spacial score (nSPS) is 20.2. The number of amides is 1. The molecule has 0 bridgehead atoms. The molecule has 2 rings (SSSR count). The van der Waals surface area contributed by atoms with Gasteiger partial charge in [-0.05, 0) is 48.8 Å². The van der Waals surface area contributed by atoms with Crippen LogP contribution in [0, 0.1) is 0 Å². The zero-order valence-electron chi connectivity index (χ0n) is 19.8. The Morgan fingerprint density at radius 3 is 2.07 bits per heavy atom. The van der Waals surface area contributed by atoms with Gasteiger partial charge in [0.25, 0.3) is 0 Å². The molecule has 0 aliphatic carbocycles. The summed E-state index contributed by atoms with van der Waals surface area (Å²) in [7, 11) is 0. The monoisotopic (exact) mass is 419 g/mol. The second-order valence-electron chi connectivity index (χ2n) is 11.2. The number of rotatable bonds is 3. The van der Waals surface area contributed by atoms with Crippen LogP contribution >= 0.6 is 0 Å². The van der Waals surface area contributed by atoms with Crippen molar-refractivity contribution in [2.24, 2.45) is 0 Å². The van der Waals surface area contributed by atoms with E-state index in [1.807, 2.05) is 6.07 Å². The van der Waals surface area contributed by atoms with E-state index in [1.165, 1.54) is 10.5 Å². The molecule has 1 fully saturated rings. The fraction of sp³-hybridized carbons (Fsp3) is 0.667. The third kappa shape index (κ3) is 5.89. The van der Waals surface area contributed by atoms with Gasteiger partial charge in [0.1, 0.15) is 23.5 Å². The summed E-state index contributed by atoms with van der Waals surface area (Å²) in [5, 5.41) is 9.62. The number of nitrogens with zero attached hydrogens (tertiary/aromatic N) is 1. The molecule has 1 aliphatic rings. The molecule has 1 aromatic carbocycles. The van der Waals surface area contributed by atoms with E-state index in [0.29, 0.717) is 0 Å². The molecule has 0 spiro atoms. The second kappa shape index (κ2) is 8.12. The number of hydrogen-bond donors (Lipinski definition) is 1. The molecule has 2 atom stereocenters. The lowest BCUT2D eigenvalue weighted by molar-refractivity contribution is -0.142. The Bertz CT molecular complexity index is 795. The maximum absolute atomic E-state index is 12.5. The van der Waals surface area contributed by atoms with Crippen LogP contribution in [-0.2, 0) is 20.4 Å².